The number of aryl methyl sites for hydroxylation is 2. The fourth-order valence-corrected chi connectivity index (χ4v) is 3.10. The second kappa shape index (κ2) is 11.7. The molecule has 184 valence electrons. The molecule has 0 radical (unpaired) electrons. The Labute approximate surface area is 202 Å². The predicted molar refractivity (Wildman–Crippen MR) is 126 cm³/mol. The van der Waals surface area contributed by atoms with Crippen molar-refractivity contribution in [2.24, 2.45) is 0 Å². The van der Waals surface area contributed by atoms with Crippen LogP contribution in [0.4, 0.5) is 5.69 Å². The van der Waals surface area contributed by atoms with Crippen molar-refractivity contribution in [1.29, 1.82) is 0 Å². The van der Waals surface area contributed by atoms with E-state index in [2.05, 4.69) is 10.5 Å². The van der Waals surface area contributed by atoms with Crippen LogP contribution in [0.2, 0.25) is 0 Å². The second-order valence-electron chi connectivity index (χ2n) is 7.73. The van der Waals surface area contributed by atoms with Crippen LogP contribution in [0.15, 0.2) is 53.1 Å². The molecule has 3 rings (SSSR count). The summed E-state index contributed by atoms with van der Waals surface area (Å²) in [6.07, 6.45) is 0. The molecule has 2 aromatic carbocycles. The predicted octanol–water partition coefficient (Wildman–Crippen LogP) is 3.13. The highest BCUT2D eigenvalue weighted by molar-refractivity contribution is 5.95. The summed E-state index contributed by atoms with van der Waals surface area (Å²) in [5, 5.41) is 6.56. The van der Waals surface area contributed by atoms with Crippen LogP contribution in [0, 0.1) is 13.8 Å². The first-order valence-electron chi connectivity index (χ1n) is 10.8. The topological polar surface area (TPSA) is 120 Å². The van der Waals surface area contributed by atoms with E-state index in [4.69, 9.17) is 18.7 Å². The largest absolute Gasteiger partial charge is 0.497 e. The number of aromatic nitrogens is 1. The molecule has 0 fully saturated rings. The van der Waals surface area contributed by atoms with Gasteiger partial charge >= 0.3 is 5.97 Å². The normalized spacial score (nSPS) is 10.4. The molecule has 10 nitrogen and oxygen atoms in total. The Hall–Kier alpha value is -4.34. The number of methoxy groups -OCH3 is 1. The summed E-state index contributed by atoms with van der Waals surface area (Å²) in [7, 11) is 2.98. The number of hydrogen-bond acceptors (Lipinski definition) is 8. The van der Waals surface area contributed by atoms with E-state index >= 15 is 0 Å². The Morgan fingerprint density at radius 2 is 1.80 bits per heavy atom. The lowest BCUT2D eigenvalue weighted by Crippen LogP contribution is -2.37. The maximum Gasteiger partial charge on any atom is 0.338 e. The number of carbonyl (C=O) groups is 3. The average molecular weight is 482 g/mol. The van der Waals surface area contributed by atoms with Crippen LogP contribution >= 0.6 is 0 Å². The van der Waals surface area contributed by atoms with Crippen molar-refractivity contribution in [2.75, 3.05) is 32.6 Å². The highest BCUT2D eigenvalue weighted by Gasteiger charge is 2.17. The Bertz CT molecular complexity index is 1190. The Balaban J connectivity index is 1.48. The van der Waals surface area contributed by atoms with E-state index in [1.54, 1.807) is 49.4 Å². The molecular weight excluding hydrogens is 454 g/mol. The first-order valence-corrected chi connectivity index (χ1v) is 10.8. The number of amides is 2. The molecule has 2 amide bonds. The number of likely N-dealkylation sites (N-methyl/N-ethyl adjacent to an activating group) is 1. The molecule has 1 aromatic heterocycles. The molecule has 0 aliphatic heterocycles. The lowest BCUT2D eigenvalue weighted by molar-refractivity contribution is -0.136. The summed E-state index contributed by atoms with van der Waals surface area (Å²) < 4.78 is 21.1. The number of hydrogen-bond donors (Lipinski definition) is 1. The van der Waals surface area contributed by atoms with E-state index in [-0.39, 0.29) is 18.7 Å². The zero-order valence-corrected chi connectivity index (χ0v) is 20.0. The minimum Gasteiger partial charge on any atom is -0.497 e. The summed E-state index contributed by atoms with van der Waals surface area (Å²) in [6.45, 7) is 3.13. The van der Waals surface area contributed by atoms with Crippen LogP contribution in [-0.4, -0.2) is 55.1 Å². The zero-order valence-electron chi connectivity index (χ0n) is 20.0. The third-order valence-electron chi connectivity index (χ3n) is 5.12. The zero-order chi connectivity index (χ0) is 25.4. The van der Waals surface area contributed by atoms with Gasteiger partial charge in [-0.05, 0) is 44.2 Å². The van der Waals surface area contributed by atoms with E-state index < -0.39 is 24.4 Å². The molecule has 0 spiro atoms. The average Bonchev–Trinajstić information content (AvgIpc) is 3.17. The van der Waals surface area contributed by atoms with E-state index in [0.29, 0.717) is 22.9 Å². The van der Waals surface area contributed by atoms with Crippen LogP contribution in [0.1, 0.15) is 27.4 Å². The number of nitrogens with one attached hydrogen (secondary N) is 1. The van der Waals surface area contributed by atoms with Crippen LogP contribution in [0.25, 0.3) is 0 Å². The van der Waals surface area contributed by atoms with Gasteiger partial charge in [0.2, 0.25) is 5.91 Å². The van der Waals surface area contributed by atoms with Crippen molar-refractivity contribution in [3.63, 3.8) is 0 Å². The van der Waals surface area contributed by atoms with Crippen molar-refractivity contribution in [2.45, 2.75) is 20.5 Å². The number of ether oxygens (including phenoxy) is 3. The standard InChI is InChI=1S/C25H27N3O7/c1-16-22(17(2)35-27-16)14-33-21-10-5-7-18(11-21)25(31)34-15-24(30)28(3)13-23(29)26-19-8-6-9-20(12-19)32-4/h5-12H,13-15H2,1-4H3,(H,26,29). The Morgan fingerprint density at radius 3 is 2.51 bits per heavy atom. The minimum absolute atomic E-state index is 0.210. The third kappa shape index (κ3) is 7.07. The van der Waals surface area contributed by atoms with Crippen molar-refractivity contribution >= 4 is 23.5 Å². The fourth-order valence-electron chi connectivity index (χ4n) is 3.10. The summed E-state index contributed by atoms with van der Waals surface area (Å²) >= 11 is 0. The molecule has 0 unspecified atom stereocenters. The van der Waals surface area contributed by atoms with E-state index in [0.717, 1.165) is 11.3 Å². The van der Waals surface area contributed by atoms with Crippen molar-refractivity contribution in [3.8, 4) is 11.5 Å². The molecule has 0 aliphatic carbocycles. The minimum atomic E-state index is -0.685. The number of carbonyl (C=O) groups excluding carboxylic acids is 3. The van der Waals surface area contributed by atoms with Gasteiger partial charge in [-0.1, -0.05) is 17.3 Å². The lowest BCUT2D eigenvalue weighted by Gasteiger charge is -2.17. The van der Waals surface area contributed by atoms with Crippen molar-refractivity contribution < 1.29 is 33.1 Å². The smallest absolute Gasteiger partial charge is 0.338 e. The van der Waals surface area contributed by atoms with Gasteiger partial charge in [-0.25, -0.2) is 4.79 Å². The number of esters is 1. The Kier molecular flexibility index (Phi) is 8.44. The van der Waals surface area contributed by atoms with Gasteiger partial charge in [-0.2, -0.15) is 0 Å². The summed E-state index contributed by atoms with van der Waals surface area (Å²) in [4.78, 5) is 38.2. The maximum absolute atomic E-state index is 12.4. The van der Waals surface area contributed by atoms with Gasteiger partial charge < -0.3 is 29.0 Å². The van der Waals surface area contributed by atoms with Crippen LogP contribution in [0.3, 0.4) is 0 Å². The number of nitrogens with zero attached hydrogens (tertiary/aromatic N) is 2. The molecular formula is C25H27N3O7. The van der Waals surface area contributed by atoms with Gasteiger partial charge in [-0.3, -0.25) is 9.59 Å². The Morgan fingerprint density at radius 1 is 1.06 bits per heavy atom. The summed E-state index contributed by atoms with van der Waals surface area (Å²) in [6, 6.07) is 13.3. The third-order valence-corrected chi connectivity index (χ3v) is 5.12. The first-order chi connectivity index (χ1) is 16.8. The van der Waals surface area contributed by atoms with Gasteiger partial charge in [0, 0.05) is 18.8 Å². The quantitative estimate of drug-likeness (QED) is 0.439. The highest BCUT2D eigenvalue weighted by atomic mass is 16.5. The molecule has 1 heterocycles. The molecule has 0 saturated heterocycles. The maximum atomic E-state index is 12.4. The molecule has 0 atom stereocenters. The SMILES string of the molecule is COc1cccc(NC(=O)CN(C)C(=O)COC(=O)c2cccc(OCc3c(C)noc3C)c2)c1. The van der Waals surface area contributed by atoms with E-state index in [1.807, 2.05) is 6.92 Å². The van der Waals surface area contributed by atoms with Crippen LogP contribution < -0.4 is 14.8 Å². The van der Waals surface area contributed by atoms with E-state index in [1.165, 1.54) is 25.1 Å². The van der Waals surface area contributed by atoms with Gasteiger partial charge in [0.05, 0.1) is 30.5 Å². The number of benzene rings is 2. The molecule has 0 saturated carbocycles. The monoisotopic (exact) mass is 481 g/mol. The van der Waals surface area contributed by atoms with Crippen molar-refractivity contribution in [3.05, 3.63) is 71.1 Å². The first kappa shape index (κ1) is 25.3. The highest BCUT2D eigenvalue weighted by Crippen LogP contribution is 2.19. The van der Waals surface area contributed by atoms with Gasteiger partial charge in [0.15, 0.2) is 6.61 Å². The van der Waals surface area contributed by atoms with Gasteiger partial charge in [0.25, 0.3) is 5.91 Å². The molecule has 3 aromatic rings. The molecule has 35 heavy (non-hydrogen) atoms. The van der Waals surface area contributed by atoms with Crippen LogP contribution in [-0.2, 0) is 20.9 Å². The fraction of sp³-hybridized carbons (Fsp3) is 0.280. The molecule has 0 bridgehead atoms. The van der Waals surface area contributed by atoms with Crippen LogP contribution in [0.5, 0.6) is 11.5 Å². The number of rotatable bonds is 10. The summed E-state index contributed by atoms with van der Waals surface area (Å²) in [5.74, 6) is 0.108. The second-order valence-corrected chi connectivity index (χ2v) is 7.73. The van der Waals surface area contributed by atoms with Gasteiger partial charge in [0.1, 0.15) is 23.9 Å². The van der Waals surface area contributed by atoms with Gasteiger partial charge in [-0.15, -0.1) is 0 Å². The molecule has 10 heteroatoms. The lowest BCUT2D eigenvalue weighted by atomic mass is 10.2. The van der Waals surface area contributed by atoms with E-state index in [9.17, 15) is 14.4 Å². The molecule has 1 N–H and O–H groups in total. The molecule has 0 aliphatic rings. The van der Waals surface area contributed by atoms with Crippen molar-refractivity contribution in [1.82, 2.24) is 10.1 Å². The number of anilines is 1. The summed E-state index contributed by atoms with van der Waals surface area (Å²) in [5.41, 5.74) is 2.34.